The lowest BCUT2D eigenvalue weighted by atomic mass is 9.92. The minimum absolute atomic E-state index is 0.600. The van der Waals surface area contributed by atoms with E-state index in [4.69, 9.17) is 0 Å². The maximum Gasteiger partial charge on any atom is 0.392 e. The second-order valence-electron chi connectivity index (χ2n) is 3.17. The van der Waals surface area contributed by atoms with Crippen LogP contribution in [0.25, 0.3) is 0 Å². The molecule has 2 nitrogen and oxygen atoms in total. The van der Waals surface area contributed by atoms with Crippen LogP contribution in [0.15, 0.2) is 0 Å². The molecule has 78 valence electrons. The van der Waals surface area contributed by atoms with Gasteiger partial charge < -0.3 is 4.74 Å². The van der Waals surface area contributed by atoms with Crippen molar-refractivity contribution >= 4 is 5.97 Å². The van der Waals surface area contributed by atoms with E-state index in [2.05, 4.69) is 4.74 Å². The first-order valence-electron chi connectivity index (χ1n) is 3.92. The van der Waals surface area contributed by atoms with E-state index < -0.39 is 30.4 Å². The van der Waals surface area contributed by atoms with Crippen LogP contribution in [0.2, 0.25) is 0 Å². The quantitative estimate of drug-likeness (QED) is 0.651. The molecule has 1 unspecified atom stereocenters. The fourth-order valence-corrected chi connectivity index (χ4v) is 0.992. The Morgan fingerprint density at radius 3 is 2.08 bits per heavy atom. The molecule has 0 aromatic heterocycles. The summed E-state index contributed by atoms with van der Waals surface area (Å²) in [6.07, 6.45) is -4.93. The molecule has 0 aliphatic carbocycles. The zero-order valence-electron chi connectivity index (χ0n) is 7.81. The van der Waals surface area contributed by atoms with Gasteiger partial charge in [-0.05, 0) is 5.92 Å². The lowest BCUT2D eigenvalue weighted by Crippen LogP contribution is -2.30. The summed E-state index contributed by atoms with van der Waals surface area (Å²) < 4.78 is 41.0. The van der Waals surface area contributed by atoms with E-state index in [9.17, 15) is 18.0 Å². The smallest absolute Gasteiger partial charge is 0.392 e. The predicted octanol–water partition coefficient (Wildman–Crippen LogP) is 2.38. The fourth-order valence-electron chi connectivity index (χ4n) is 0.992. The van der Waals surface area contributed by atoms with Crippen molar-refractivity contribution in [1.82, 2.24) is 0 Å². The van der Waals surface area contributed by atoms with Crippen LogP contribution in [0.4, 0.5) is 13.2 Å². The molecule has 13 heavy (non-hydrogen) atoms. The van der Waals surface area contributed by atoms with Crippen LogP contribution in [0, 0.1) is 11.8 Å². The molecule has 0 heterocycles. The number of alkyl halides is 3. The van der Waals surface area contributed by atoms with E-state index in [1.807, 2.05) is 0 Å². The van der Waals surface area contributed by atoms with Crippen molar-refractivity contribution in [3.8, 4) is 0 Å². The Kier molecular flexibility index (Phi) is 4.23. The lowest BCUT2D eigenvalue weighted by Gasteiger charge is -2.22. The standard InChI is InChI=1S/C8H13F3O2/c1-5(2)6(8(9,10)11)4-7(12)13-3/h5-6H,4H2,1-3H3. The SMILES string of the molecule is COC(=O)CC(C(C)C)C(F)(F)F. The van der Waals surface area contributed by atoms with Gasteiger partial charge in [0, 0.05) is 0 Å². The van der Waals surface area contributed by atoms with Crippen LogP contribution in [-0.2, 0) is 9.53 Å². The number of carbonyl (C=O) groups excluding carboxylic acids is 1. The summed E-state index contributed by atoms with van der Waals surface area (Å²) in [5, 5.41) is 0. The lowest BCUT2D eigenvalue weighted by molar-refractivity contribution is -0.193. The molecule has 0 aromatic carbocycles. The Morgan fingerprint density at radius 2 is 1.85 bits per heavy atom. The number of esters is 1. The Balaban J connectivity index is 4.36. The van der Waals surface area contributed by atoms with Crippen molar-refractivity contribution in [3.05, 3.63) is 0 Å². The summed E-state index contributed by atoms with van der Waals surface area (Å²) >= 11 is 0. The molecule has 0 radical (unpaired) electrons. The van der Waals surface area contributed by atoms with Crippen molar-refractivity contribution in [2.75, 3.05) is 7.11 Å². The van der Waals surface area contributed by atoms with E-state index >= 15 is 0 Å². The van der Waals surface area contributed by atoms with Gasteiger partial charge in [0.05, 0.1) is 19.4 Å². The third-order valence-electron chi connectivity index (χ3n) is 1.84. The number of rotatable bonds is 3. The van der Waals surface area contributed by atoms with Gasteiger partial charge in [-0.15, -0.1) is 0 Å². The first-order valence-corrected chi connectivity index (χ1v) is 3.92. The van der Waals surface area contributed by atoms with Crippen molar-refractivity contribution in [2.45, 2.75) is 26.4 Å². The fraction of sp³-hybridized carbons (Fsp3) is 0.875. The molecule has 0 aliphatic heterocycles. The van der Waals surface area contributed by atoms with Gasteiger partial charge in [-0.25, -0.2) is 0 Å². The van der Waals surface area contributed by atoms with Gasteiger partial charge in [-0.2, -0.15) is 13.2 Å². The van der Waals surface area contributed by atoms with Crippen LogP contribution in [-0.4, -0.2) is 19.3 Å². The average molecular weight is 198 g/mol. The molecule has 0 aliphatic rings. The maximum atomic E-state index is 12.3. The second kappa shape index (κ2) is 4.48. The third kappa shape index (κ3) is 4.15. The van der Waals surface area contributed by atoms with Crippen molar-refractivity contribution in [3.63, 3.8) is 0 Å². The largest absolute Gasteiger partial charge is 0.469 e. The summed E-state index contributed by atoms with van der Waals surface area (Å²) in [7, 11) is 1.08. The predicted molar refractivity (Wildman–Crippen MR) is 41.0 cm³/mol. The number of hydrogen-bond acceptors (Lipinski definition) is 2. The first-order chi connectivity index (χ1) is 5.79. The van der Waals surface area contributed by atoms with Crippen molar-refractivity contribution < 1.29 is 22.7 Å². The minimum atomic E-state index is -4.33. The highest BCUT2D eigenvalue weighted by Gasteiger charge is 2.42. The van der Waals surface area contributed by atoms with E-state index in [1.54, 1.807) is 0 Å². The average Bonchev–Trinajstić information content (AvgIpc) is 1.96. The molecule has 1 atom stereocenters. The van der Waals surface area contributed by atoms with E-state index in [1.165, 1.54) is 13.8 Å². The summed E-state index contributed by atoms with van der Waals surface area (Å²) in [6, 6.07) is 0. The molecule has 0 saturated heterocycles. The number of halogens is 3. The Hall–Kier alpha value is -0.740. The van der Waals surface area contributed by atoms with Gasteiger partial charge in [-0.1, -0.05) is 13.8 Å². The number of ether oxygens (including phenoxy) is 1. The monoisotopic (exact) mass is 198 g/mol. The molecule has 0 bridgehead atoms. The topological polar surface area (TPSA) is 26.3 Å². The van der Waals surface area contributed by atoms with Crippen molar-refractivity contribution in [1.29, 1.82) is 0 Å². The zero-order valence-corrected chi connectivity index (χ0v) is 7.81. The number of carbonyl (C=O) groups is 1. The maximum absolute atomic E-state index is 12.3. The Morgan fingerprint density at radius 1 is 1.38 bits per heavy atom. The van der Waals surface area contributed by atoms with E-state index in [-0.39, 0.29) is 0 Å². The third-order valence-corrected chi connectivity index (χ3v) is 1.84. The summed E-state index contributed by atoms with van der Waals surface area (Å²) in [5.74, 6) is -3.05. The molecule has 0 saturated carbocycles. The Labute approximate surface area is 75.1 Å². The number of methoxy groups -OCH3 is 1. The van der Waals surface area contributed by atoms with Gasteiger partial charge in [0.25, 0.3) is 0 Å². The van der Waals surface area contributed by atoms with Gasteiger partial charge in [0.2, 0.25) is 0 Å². The summed E-state index contributed by atoms with van der Waals surface area (Å²) in [6.45, 7) is 2.86. The molecule has 0 amide bonds. The first kappa shape index (κ1) is 12.3. The molecule has 0 spiro atoms. The highest BCUT2D eigenvalue weighted by molar-refractivity contribution is 5.69. The summed E-state index contributed by atoms with van der Waals surface area (Å²) in [5.41, 5.74) is 0. The van der Waals surface area contributed by atoms with Crippen LogP contribution in [0.1, 0.15) is 20.3 Å². The molecular weight excluding hydrogens is 185 g/mol. The Bertz CT molecular complexity index is 175. The van der Waals surface area contributed by atoms with Crippen LogP contribution in [0.5, 0.6) is 0 Å². The van der Waals surface area contributed by atoms with Crippen LogP contribution in [0.3, 0.4) is 0 Å². The van der Waals surface area contributed by atoms with Crippen LogP contribution < -0.4 is 0 Å². The highest BCUT2D eigenvalue weighted by Crippen LogP contribution is 2.34. The van der Waals surface area contributed by atoms with Crippen LogP contribution >= 0.6 is 0 Å². The van der Waals surface area contributed by atoms with Crippen molar-refractivity contribution in [2.24, 2.45) is 11.8 Å². The minimum Gasteiger partial charge on any atom is -0.469 e. The number of hydrogen-bond donors (Lipinski definition) is 0. The van der Waals surface area contributed by atoms with Gasteiger partial charge in [0.15, 0.2) is 0 Å². The van der Waals surface area contributed by atoms with Gasteiger partial charge in [-0.3, -0.25) is 4.79 Å². The molecule has 0 N–H and O–H groups in total. The molecular formula is C8H13F3O2. The zero-order chi connectivity index (χ0) is 10.6. The summed E-state index contributed by atoms with van der Waals surface area (Å²) in [4.78, 5) is 10.7. The van der Waals surface area contributed by atoms with Gasteiger partial charge in [0.1, 0.15) is 0 Å². The van der Waals surface area contributed by atoms with E-state index in [0.29, 0.717) is 0 Å². The second-order valence-corrected chi connectivity index (χ2v) is 3.17. The normalized spacial score (nSPS) is 14.4. The molecule has 0 aromatic rings. The highest BCUT2D eigenvalue weighted by atomic mass is 19.4. The molecule has 0 fully saturated rings. The van der Waals surface area contributed by atoms with Gasteiger partial charge >= 0.3 is 12.1 Å². The molecule has 5 heteroatoms. The van der Waals surface area contributed by atoms with E-state index in [0.717, 1.165) is 7.11 Å². The molecule has 0 rings (SSSR count).